The summed E-state index contributed by atoms with van der Waals surface area (Å²) in [4.78, 5) is 19.5. The van der Waals surface area contributed by atoms with Gasteiger partial charge in [0.15, 0.2) is 5.13 Å². The van der Waals surface area contributed by atoms with Crippen LogP contribution in [0, 0.1) is 0 Å². The lowest BCUT2D eigenvalue weighted by molar-refractivity contribution is 0.0983. The first-order valence-corrected chi connectivity index (χ1v) is 10.2. The molecule has 4 aromatic rings. The molecule has 2 aromatic carbocycles. The molecule has 4 rings (SSSR count). The number of anilines is 1. The number of carbonyl (C=O) groups excluding carboxylic acids is 1. The Morgan fingerprint density at radius 3 is 2.81 bits per heavy atom. The Hall–Kier alpha value is -1.86. The first-order chi connectivity index (χ1) is 13.0. The summed E-state index contributed by atoms with van der Waals surface area (Å²) in [6.45, 7) is 0.232. The van der Waals surface area contributed by atoms with Gasteiger partial charge in [0.2, 0.25) is 0 Å². The molecule has 2 aromatic heterocycles. The first kappa shape index (κ1) is 18.5. The molecule has 0 aliphatic heterocycles. The van der Waals surface area contributed by atoms with Crippen LogP contribution >= 0.6 is 50.5 Å². The van der Waals surface area contributed by atoms with Crippen molar-refractivity contribution < 1.29 is 9.21 Å². The van der Waals surface area contributed by atoms with Gasteiger partial charge >= 0.3 is 0 Å². The molecule has 0 saturated heterocycles. The third kappa shape index (κ3) is 3.89. The van der Waals surface area contributed by atoms with Gasteiger partial charge in [0.25, 0.3) is 5.91 Å². The second kappa shape index (κ2) is 7.64. The number of hydrogen-bond donors (Lipinski definition) is 0. The Kier molecular flexibility index (Phi) is 5.23. The van der Waals surface area contributed by atoms with Gasteiger partial charge in [0, 0.05) is 9.50 Å². The first-order valence-electron chi connectivity index (χ1n) is 7.86. The Labute approximate surface area is 177 Å². The highest BCUT2D eigenvalue weighted by Crippen LogP contribution is 2.33. The summed E-state index contributed by atoms with van der Waals surface area (Å²) in [5.41, 5.74) is 1.13. The molecule has 8 heteroatoms. The van der Waals surface area contributed by atoms with E-state index in [0.29, 0.717) is 26.5 Å². The third-order valence-corrected chi connectivity index (χ3v) is 5.97. The molecule has 0 unspecified atom stereocenters. The summed E-state index contributed by atoms with van der Waals surface area (Å²) in [5.74, 6) is 0.346. The minimum Gasteiger partial charge on any atom is -0.467 e. The normalized spacial score (nSPS) is 11.1. The maximum absolute atomic E-state index is 13.3. The number of hydrogen-bond acceptors (Lipinski definition) is 4. The fourth-order valence-corrected chi connectivity index (χ4v) is 4.48. The topological polar surface area (TPSA) is 46.3 Å². The SMILES string of the molecule is O=C(c1cc(Cl)ccc1Cl)N(Cc1ccco1)c1nc2ccc(Br)cc2s1. The van der Waals surface area contributed by atoms with Crippen LogP contribution in [0.15, 0.2) is 63.7 Å². The molecular weight excluding hydrogens is 471 g/mol. The second-order valence-electron chi connectivity index (χ2n) is 5.70. The van der Waals surface area contributed by atoms with E-state index in [1.807, 2.05) is 24.3 Å². The van der Waals surface area contributed by atoms with Gasteiger partial charge in [-0.15, -0.1) is 0 Å². The second-order valence-corrected chi connectivity index (χ2v) is 8.47. The molecule has 136 valence electrons. The molecule has 4 nitrogen and oxygen atoms in total. The van der Waals surface area contributed by atoms with Crippen LogP contribution in [0.1, 0.15) is 16.1 Å². The van der Waals surface area contributed by atoms with Crippen LogP contribution < -0.4 is 4.90 Å². The maximum atomic E-state index is 13.3. The smallest absolute Gasteiger partial charge is 0.262 e. The third-order valence-electron chi connectivity index (χ3n) is 3.87. The highest BCUT2D eigenvalue weighted by molar-refractivity contribution is 9.10. The van der Waals surface area contributed by atoms with E-state index in [2.05, 4.69) is 20.9 Å². The van der Waals surface area contributed by atoms with E-state index in [1.54, 1.807) is 35.4 Å². The number of carbonyl (C=O) groups is 1. The van der Waals surface area contributed by atoms with Gasteiger partial charge in [-0.1, -0.05) is 50.5 Å². The number of rotatable bonds is 4. The molecule has 0 bridgehead atoms. The molecule has 0 aliphatic carbocycles. The standard InChI is InChI=1S/C19H11BrCl2N2O2S/c20-11-3-6-16-17(8-11)27-19(23-16)24(10-13-2-1-7-26-13)18(25)14-9-12(21)4-5-15(14)22/h1-9H,10H2. The number of amides is 1. The van der Waals surface area contributed by atoms with Crippen molar-refractivity contribution in [2.75, 3.05) is 4.90 Å². The molecule has 0 radical (unpaired) electrons. The number of aromatic nitrogens is 1. The van der Waals surface area contributed by atoms with E-state index in [1.165, 1.54) is 11.3 Å². The fraction of sp³-hybridized carbons (Fsp3) is 0.0526. The van der Waals surface area contributed by atoms with Crippen molar-refractivity contribution in [2.45, 2.75) is 6.54 Å². The zero-order chi connectivity index (χ0) is 19.0. The summed E-state index contributed by atoms with van der Waals surface area (Å²) in [5, 5.41) is 1.33. The predicted octanol–water partition coefficient (Wildman–Crippen LogP) is 6.81. The van der Waals surface area contributed by atoms with E-state index in [-0.39, 0.29) is 12.5 Å². The summed E-state index contributed by atoms with van der Waals surface area (Å²) in [6, 6.07) is 14.2. The Bertz CT molecular complexity index is 1130. The molecule has 0 fully saturated rings. The van der Waals surface area contributed by atoms with Crippen LogP contribution in [0.3, 0.4) is 0 Å². The van der Waals surface area contributed by atoms with Gasteiger partial charge in [-0.2, -0.15) is 0 Å². The number of thiazole rings is 1. The average Bonchev–Trinajstić information content (AvgIpc) is 3.30. The molecular formula is C19H11BrCl2N2O2S. The van der Waals surface area contributed by atoms with Gasteiger partial charge in [0.1, 0.15) is 5.76 Å². The van der Waals surface area contributed by atoms with Crippen molar-refractivity contribution in [1.29, 1.82) is 0 Å². The van der Waals surface area contributed by atoms with Crippen molar-refractivity contribution in [3.8, 4) is 0 Å². The van der Waals surface area contributed by atoms with Crippen molar-refractivity contribution in [1.82, 2.24) is 4.98 Å². The lowest BCUT2D eigenvalue weighted by atomic mass is 10.2. The zero-order valence-electron chi connectivity index (χ0n) is 13.7. The zero-order valence-corrected chi connectivity index (χ0v) is 17.6. The summed E-state index contributed by atoms with van der Waals surface area (Å²) in [7, 11) is 0. The lowest BCUT2D eigenvalue weighted by Crippen LogP contribution is -2.30. The Morgan fingerprint density at radius 2 is 2.04 bits per heavy atom. The van der Waals surface area contributed by atoms with Crippen LogP contribution in [-0.2, 0) is 6.54 Å². The molecule has 0 N–H and O–H groups in total. The average molecular weight is 482 g/mol. The van der Waals surface area contributed by atoms with Gasteiger partial charge in [-0.3, -0.25) is 9.69 Å². The number of benzene rings is 2. The fourth-order valence-electron chi connectivity index (χ4n) is 2.59. The van der Waals surface area contributed by atoms with Crippen molar-refractivity contribution >= 4 is 71.7 Å². The largest absolute Gasteiger partial charge is 0.467 e. The minimum absolute atomic E-state index is 0.232. The molecule has 0 spiro atoms. The lowest BCUT2D eigenvalue weighted by Gasteiger charge is -2.19. The van der Waals surface area contributed by atoms with E-state index >= 15 is 0 Å². The molecule has 0 aliphatic rings. The molecule has 27 heavy (non-hydrogen) atoms. The Balaban J connectivity index is 1.80. The summed E-state index contributed by atoms with van der Waals surface area (Å²) >= 11 is 17.2. The molecule has 1 amide bonds. The van der Waals surface area contributed by atoms with Crippen LogP contribution in [-0.4, -0.2) is 10.9 Å². The molecule has 0 saturated carbocycles. The van der Waals surface area contributed by atoms with E-state index < -0.39 is 0 Å². The van der Waals surface area contributed by atoms with E-state index in [4.69, 9.17) is 27.6 Å². The minimum atomic E-state index is -0.294. The number of furan rings is 1. The predicted molar refractivity (Wildman–Crippen MR) is 113 cm³/mol. The highest BCUT2D eigenvalue weighted by atomic mass is 79.9. The quantitative estimate of drug-likeness (QED) is 0.321. The molecule has 0 atom stereocenters. The summed E-state index contributed by atoms with van der Waals surface area (Å²) in [6.07, 6.45) is 1.57. The van der Waals surface area contributed by atoms with E-state index in [9.17, 15) is 4.79 Å². The van der Waals surface area contributed by atoms with Crippen LogP contribution in [0.2, 0.25) is 10.0 Å². The van der Waals surface area contributed by atoms with Gasteiger partial charge < -0.3 is 4.42 Å². The van der Waals surface area contributed by atoms with Crippen molar-refractivity contribution in [3.05, 3.63) is 80.6 Å². The maximum Gasteiger partial charge on any atom is 0.262 e. The monoisotopic (exact) mass is 480 g/mol. The molecule has 2 heterocycles. The highest BCUT2D eigenvalue weighted by Gasteiger charge is 2.24. The van der Waals surface area contributed by atoms with Crippen molar-refractivity contribution in [2.24, 2.45) is 0 Å². The van der Waals surface area contributed by atoms with Gasteiger partial charge in [0.05, 0.1) is 33.6 Å². The van der Waals surface area contributed by atoms with E-state index in [0.717, 1.165) is 14.7 Å². The number of fused-ring (bicyclic) bond motifs is 1. The summed E-state index contributed by atoms with van der Waals surface area (Å²) < 4.78 is 7.35. The van der Waals surface area contributed by atoms with Crippen LogP contribution in [0.25, 0.3) is 10.2 Å². The van der Waals surface area contributed by atoms with Crippen LogP contribution in [0.5, 0.6) is 0 Å². The van der Waals surface area contributed by atoms with Crippen LogP contribution in [0.4, 0.5) is 5.13 Å². The Morgan fingerprint density at radius 1 is 1.19 bits per heavy atom. The van der Waals surface area contributed by atoms with Crippen molar-refractivity contribution in [3.63, 3.8) is 0 Å². The van der Waals surface area contributed by atoms with Gasteiger partial charge in [-0.25, -0.2) is 4.98 Å². The van der Waals surface area contributed by atoms with Gasteiger partial charge in [-0.05, 0) is 48.5 Å². The number of nitrogens with zero attached hydrogens (tertiary/aromatic N) is 2. The number of halogens is 3.